The van der Waals surface area contributed by atoms with Gasteiger partial charge in [-0.1, -0.05) is 0 Å². The zero-order valence-corrected chi connectivity index (χ0v) is 15.3. The number of ether oxygens (including phenoxy) is 2. The zero-order valence-electron chi connectivity index (χ0n) is 15.3. The van der Waals surface area contributed by atoms with E-state index in [1.807, 2.05) is 0 Å². The van der Waals surface area contributed by atoms with Gasteiger partial charge in [-0.2, -0.15) is 13.2 Å². The fraction of sp³-hybridized carbons (Fsp3) is 0.647. The van der Waals surface area contributed by atoms with Crippen molar-refractivity contribution in [3.05, 3.63) is 23.3 Å². The monoisotopic (exact) mass is 376 g/mol. The Morgan fingerprint density at radius 2 is 1.62 bits per heavy atom. The van der Waals surface area contributed by atoms with E-state index in [0.717, 1.165) is 0 Å². The van der Waals surface area contributed by atoms with E-state index >= 15 is 0 Å². The van der Waals surface area contributed by atoms with E-state index in [1.54, 1.807) is 20.8 Å². The second-order valence-corrected chi connectivity index (χ2v) is 7.58. The van der Waals surface area contributed by atoms with Crippen LogP contribution in [0.1, 0.15) is 34.6 Å². The second kappa shape index (κ2) is 6.29. The van der Waals surface area contributed by atoms with Crippen molar-refractivity contribution in [2.45, 2.75) is 57.6 Å². The normalized spacial score (nSPS) is 27.7. The summed E-state index contributed by atoms with van der Waals surface area (Å²) in [7, 11) is 0. The van der Waals surface area contributed by atoms with Crippen LogP contribution < -0.4 is 10.6 Å². The van der Waals surface area contributed by atoms with Crippen LogP contribution in [0.25, 0.3) is 0 Å². The van der Waals surface area contributed by atoms with Gasteiger partial charge >= 0.3 is 12.3 Å². The Kier molecular flexibility index (Phi) is 4.91. The first kappa shape index (κ1) is 20.3. The van der Waals surface area contributed by atoms with Crippen molar-refractivity contribution in [1.82, 2.24) is 10.6 Å². The van der Waals surface area contributed by atoms with Crippen molar-refractivity contribution in [3.63, 3.8) is 0 Å². The van der Waals surface area contributed by atoms with Gasteiger partial charge in [0.1, 0.15) is 16.8 Å². The molecule has 2 amide bonds. The van der Waals surface area contributed by atoms with Gasteiger partial charge in [0.2, 0.25) is 0 Å². The zero-order chi connectivity index (χ0) is 20.0. The van der Waals surface area contributed by atoms with E-state index in [-0.39, 0.29) is 13.1 Å². The molecule has 0 radical (unpaired) electrons. The lowest BCUT2D eigenvalue weighted by Crippen LogP contribution is -2.41. The lowest BCUT2D eigenvalue weighted by molar-refractivity contribution is -0.120. The van der Waals surface area contributed by atoms with Crippen LogP contribution in [0.2, 0.25) is 0 Å². The molecule has 2 atom stereocenters. The summed E-state index contributed by atoms with van der Waals surface area (Å²) in [5.74, 6) is -0.876. The Labute approximate surface area is 149 Å². The van der Waals surface area contributed by atoms with Gasteiger partial charge in [0.05, 0.1) is 11.1 Å². The summed E-state index contributed by atoms with van der Waals surface area (Å²) in [6, 6.07) is 0. The number of nitrogens with one attached hydrogen (secondary N) is 2. The van der Waals surface area contributed by atoms with E-state index < -0.39 is 46.1 Å². The third-order valence-electron chi connectivity index (χ3n) is 3.98. The predicted octanol–water partition coefficient (Wildman–Crippen LogP) is 2.60. The van der Waals surface area contributed by atoms with Gasteiger partial charge in [-0.15, -0.1) is 0 Å². The SMILES string of the molecule is CC(C)(C)OC(=O)NCCNC(=O)C1=C(C(F)(F)F)C2(C)C=CC1(C)O2. The standard InChI is InChI=1S/C17H23F3N2O4/c1-14(2,3)25-13(24)22-9-8-21-12(23)10-11(17(18,19)20)16(5)7-6-15(10,4)26-16/h6-7H,8-9H2,1-5H3,(H,21,23)(H,22,24). The smallest absolute Gasteiger partial charge is 0.416 e. The molecule has 0 aromatic heterocycles. The third-order valence-corrected chi connectivity index (χ3v) is 3.98. The largest absolute Gasteiger partial charge is 0.444 e. The Bertz CT molecular complexity index is 678. The van der Waals surface area contributed by atoms with Crippen molar-refractivity contribution in [2.24, 2.45) is 0 Å². The fourth-order valence-electron chi connectivity index (χ4n) is 3.10. The highest BCUT2D eigenvalue weighted by atomic mass is 19.4. The molecule has 2 heterocycles. The number of amides is 2. The van der Waals surface area contributed by atoms with Gasteiger partial charge in [-0.25, -0.2) is 4.79 Å². The molecule has 0 saturated carbocycles. The van der Waals surface area contributed by atoms with Crippen LogP contribution in [0.15, 0.2) is 23.3 Å². The number of halogens is 3. The number of carbonyl (C=O) groups is 2. The molecule has 2 rings (SSSR count). The van der Waals surface area contributed by atoms with Gasteiger partial charge in [0.15, 0.2) is 0 Å². The molecule has 6 nitrogen and oxygen atoms in total. The number of carbonyl (C=O) groups excluding carboxylic acids is 2. The Morgan fingerprint density at radius 3 is 2.15 bits per heavy atom. The summed E-state index contributed by atoms with van der Waals surface area (Å²) in [5, 5.41) is 4.81. The first-order valence-electron chi connectivity index (χ1n) is 8.16. The minimum atomic E-state index is -4.70. The third kappa shape index (κ3) is 4.03. The molecule has 146 valence electrons. The summed E-state index contributed by atoms with van der Waals surface area (Å²) >= 11 is 0. The van der Waals surface area contributed by atoms with E-state index in [2.05, 4.69) is 10.6 Å². The van der Waals surface area contributed by atoms with Gasteiger partial charge < -0.3 is 20.1 Å². The predicted molar refractivity (Wildman–Crippen MR) is 87.4 cm³/mol. The van der Waals surface area contributed by atoms with Gasteiger partial charge in [-0.3, -0.25) is 4.79 Å². The molecule has 2 aliphatic heterocycles. The number of alkyl carbamates (subject to hydrolysis) is 1. The first-order valence-corrected chi connectivity index (χ1v) is 8.16. The fourth-order valence-corrected chi connectivity index (χ4v) is 3.10. The molecule has 0 fully saturated rings. The quantitative estimate of drug-likeness (QED) is 0.584. The van der Waals surface area contributed by atoms with Crippen LogP contribution in [-0.2, 0) is 14.3 Å². The van der Waals surface area contributed by atoms with Gasteiger partial charge in [-0.05, 0) is 46.8 Å². The molecule has 0 aliphatic carbocycles. The van der Waals surface area contributed by atoms with Crippen LogP contribution in [0, 0.1) is 0 Å². The molecule has 9 heteroatoms. The highest BCUT2D eigenvalue weighted by Crippen LogP contribution is 2.54. The van der Waals surface area contributed by atoms with Gasteiger partial charge in [0.25, 0.3) is 5.91 Å². The van der Waals surface area contributed by atoms with Crippen molar-refractivity contribution >= 4 is 12.0 Å². The summed E-state index contributed by atoms with van der Waals surface area (Å²) in [6.07, 6.45) is -2.60. The molecule has 2 bridgehead atoms. The maximum atomic E-state index is 13.5. The lowest BCUT2D eigenvalue weighted by Gasteiger charge is -2.23. The minimum Gasteiger partial charge on any atom is -0.444 e. The molecule has 2 aliphatic rings. The van der Waals surface area contributed by atoms with E-state index in [9.17, 15) is 22.8 Å². The number of hydrogen-bond acceptors (Lipinski definition) is 4. The van der Waals surface area contributed by atoms with E-state index in [1.165, 1.54) is 26.0 Å². The average molecular weight is 376 g/mol. The molecule has 0 aromatic rings. The lowest BCUT2D eigenvalue weighted by atomic mass is 9.82. The molecule has 2 unspecified atom stereocenters. The topological polar surface area (TPSA) is 76.7 Å². The van der Waals surface area contributed by atoms with Crippen LogP contribution in [0.4, 0.5) is 18.0 Å². The average Bonchev–Trinajstić information content (AvgIpc) is 2.86. The number of hydrogen-bond donors (Lipinski definition) is 2. The maximum absolute atomic E-state index is 13.5. The summed E-state index contributed by atoms with van der Waals surface area (Å²) in [6.45, 7) is 7.75. The van der Waals surface area contributed by atoms with Crippen molar-refractivity contribution < 1.29 is 32.2 Å². The summed E-state index contributed by atoms with van der Waals surface area (Å²) in [4.78, 5) is 23.9. The Morgan fingerprint density at radius 1 is 1.08 bits per heavy atom. The number of alkyl halides is 3. The molecule has 2 N–H and O–H groups in total. The highest BCUT2D eigenvalue weighted by Gasteiger charge is 2.62. The van der Waals surface area contributed by atoms with Crippen LogP contribution in [0.5, 0.6) is 0 Å². The number of rotatable bonds is 4. The van der Waals surface area contributed by atoms with Crippen LogP contribution in [-0.4, -0.2) is 48.1 Å². The molecular weight excluding hydrogens is 353 g/mol. The van der Waals surface area contributed by atoms with Crippen LogP contribution in [0.3, 0.4) is 0 Å². The van der Waals surface area contributed by atoms with E-state index in [0.29, 0.717) is 0 Å². The van der Waals surface area contributed by atoms with Crippen LogP contribution >= 0.6 is 0 Å². The maximum Gasteiger partial charge on any atom is 0.416 e. The molecular formula is C17H23F3N2O4. The Balaban J connectivity index is 2.01. The molecule has 0 aromatic carbocycles. The molecule has 0 spiro atoms. The molecule has 26 heavy (non-hydrogen) atoms. The van der Waals surface area contributed by atoms with Crippen molar-refractivity contribution in [3.8, 4) is 0 Å². The molecule has 0 saturated heterocycles. The minimum absolute atomic E-state index is 0.0139. The van der Waals surface area contributed by atoms with Crippen molar-refractivity contribution in [1.29, 1.82) is 0 Å². The van der Waals surface area contributed by atoms with E-state index in [4.69, 9.17) is 9.47 Å². The van der Waals surface area contributed by atoms with Crippen molar-refractivity contribution in [2.75, 3.05) is 13.1 Å². The Hall–Kier alpha value is -2.03. The van der Waals surface area contributed by atoms with Gasteiger partial charge in [0, 0.05) is 13.1 Å². The second-order valence-electron chi connectivity index (χ2n) is 7.58. The summed E-state index contributed by atoms with van der Waals surface area (Å²) < 4.78 is 50.9. The summed E-state index contributed by atoms with van der Waals surface area (Å²) in [5.41, 5.74) is -5.22. The number of fused-ring (bicyclic) bond motifs is 2. The first-order chi connectivity index (χ1) is 11.7. The highest BCUT2D eigenvalue weighted by molar-refractivity contribution is 5.98.